The zero-order chi connectivity index (χ0) is 18.9. The van der Waals surface area contributed by atoms with E-state index >= 15 is 0 Å². The van der Waals surface area contributed by atoms with Crippen LogP contribution >= 0.6 is 0 Å². The molecule has 1 atom stereocenters. The molecule has 0 heterocycles. The Morgan fingerprint density at radius 1 is 0.923 bits per heavy atom. The van der Waals surface area contributed by atoms with Crippen LogP contribution < -0.4 is 38.8 Å². The monoisotopic (exact) mass is 357 g/mol. The van der Waals surface area contributed by atoms with Gasteiger partial charge in [0.2, 0.25) is 6.29 Å². The fourth-order valence-electron chi connectivity index (χ4n) is 2.05. The van der Waals surface area contributed by atoms with E-state index in [2.05, 4.69) is 20.9 Å². The number of nitrogens with two attached hydrogens (primary N) is 4. The van der Waals surface area contributed by atoms with Crippen LogP contribution in [0.1, 0.15) is 0 Å². The van der Waals surface area contributed by atoms with Crippen molar-refractivity contribution in [1.82, 2.24) is 10.4 Å². The van der Waals surface area contributed by atoms with Gasteiger partial charge in [-0.2, -0.15) is 0 Å². The first-order valence-corrected chi connectivity index (χ1v) is 7.64. The minimum Gasteiger partial charge on any atom is -0.320 e. The van der Waals surface area contributed by atoms with Crippen molar-refractivity contribution in [2.24, 2.45) is 38.8 Å². The molecule has 9 N–H and O–H groups in total. The number of benzene rings is 2. The van der Waals surface area contributed by atoms with Gasteiger partial charge in [0.25, 0.3) is 5.96 Å². The van der Waals surface area contributed by atoms with Crippen molar-refractivity contribution in [3.63, 3.8) is 0 Å². The Kier molecular flexibility index (Phi) is 6.82. The van der Waals surface area contributed by atoms with Crippen molar-refractivity contribution in [3.05, 3.63) is 60.7 Å². The number of hydrogen-bond acceptors (Lipinski definition) is 9. The van der Waals surface area contributed by atoms with E-state index in [1.54, 1.807) is 19.2 Å². The molecule has 0 spiro atoms. The van der Waals surface area contributed by atoms with E-state index in [0.29, 0.717) is 11.4 Å². The van der Waals surface area contributed by atoms with E-state index in [-0.39, 0.29) is 5.96 Å². The number of para-hydroxylation sites is 2. The summed E-state index contributed by atoms with van der Waals surface area (Å²) >= 11 is 0. The lowest BCUT2D eigenvalue weighted by atomic mass is 10.3. The molecule has 1 unspecified atom stereocenters. The Labute approximate surface area is 151 Å². The average molecular weight is 357 g/mol. The number of hydrazone groups is 1. The van der Waals surface area contributed by atoms with E-state index in [0.717, 1.165) is 0 Å². The molecule has 0 aromatic heterocycles. The highest BCUT2D eigenvalue weighted by Gasteiger charge is 2.18. The van der Waals surface area contributed by atoms with Gasteiger partial charge >= 0.3 is 0 Å². The molecule has 0 bridgehead atoms. The fourth-order valence-corrected chi connectivity index (χ4v) is 2.05. The molecule has 0 amide bonds. The van der Waals surface area contributed by atoms with Crippen LogP contribution in [0.15, 0.2) is 76.1 Å². The SMILES string of the molecule is CN(N)C(N=NN/C(=N/N)N(N)c1ccccc1)N(N)c1ccccc1. The summed E-state index contributed by atoms with van der Waals surface area (Å²) in [5, 5.41) is 15.4. The third-order valence-electron chi connectivity index (χ3n) is 3.36. The molecule has 0 aliphatic carbocycles. The van der Waals surface area contributed by atoms with Crippen LogP contribution in [0.25, 0.3) is 0 Å². The van der Waals surface area contributed by atoms with Crippen LogP contribution in [-0.4, -0.2) is 24.3 Å². The molecule has 26 heavy (non-hydrogen) atoms. The zero-order valence-corrected chi connectivity index (χ0v) is 14.3. The van der Waals surface area contributed by atoms with Crippen LogP contribution in [0.5, 0.6) is 0 Å². The molecular formula is C15H23N11. The zero-order valence-electron chi connectivity index (χ0n) is 14.3. The van der Waals surface area contributed by atoms with Crippen LogP contribution in [0.3, 0.4) is 0 Å². The minimum atomic E-state index is -0.771. The maximum Gasteiger partial charge on any atom is 0.256 e. The highest BCUT2D eigenvalue weighted by atomic mass is 15.7. The van der Waals surface area contributed by atoms with Crippen LogP contribution in [0, 0.1) is 0 Å². The van der Waals surface area contributed by atoms with E-state index in [4.69, 9.17) is 23.4 Å². The Bertz CT molecular complexity index is 717. The van der Waals surface area contributed by atoms with E-state index < -0.39 is 6.29 Å². The summed E-state index contributed by atoms with van der Waals surface area (Å²) in [5.74, 6) is 23.3. The maximum absolute atomic E-state index is 6.08. The number of anilines is 2. The summed E-state index contributed by atoms with van der Waals surface area (Å²) in [6.45, 7) is 0. The second-order valence-electron chi connectivity index (χ2n) is 5.24. The van der Waals surface area contributed by atoms with Crippen molar-refractivity contribution in [2.45, 2.75) is 6.29 Å². The van der Waals surface area contributed by atoms with Gasteiger partial charge in [-0.1, -0.05) is 41.6 Å². The third kappa shape index (κ3) is 4.87. The minimum absolute atomic E-state index is 0.0849. The molecule has 0 aliphatic rings. The van der Waals surface area contributed by atoms with Crippen molar-refractivity contribution in [2.75, 3.05) is 17.1 Å². The summed E-state index contributed by atoms with van der Waals surface area (Å²) in [6, 6.07) is 18.3. The predicted octanol–water partition coefficient (Wildman–Crippen LogP) is 0.0226. The molecule has 0 radical (unpaired) electrons. The van der Waals surface area contributed by atoms with Crippen molar-refractivity contribution >= 4 is 17.3 Å². The van der Waals surface area contributed by atoms with Crippen molar-refractivity contribution in [1.29, 1.82) is 0 Å². The maximum atomic E-state index is 6.08. The molecule has 11 heteroatoms. The Morgan fingerprint density at radius 2 is 1.46 bits per heavy atom. The van der Waals surface area contributed by atoms with Crippen LogP contribution in [0.4, 0.5) is 11.4 Å². The van der Waals surface area contributed by atoms with Gasteiger partial charge in [0.1, 0.15) is 0 Å². The van der Waals surface area contributed by atoms with Gasteiger partial charge in [0, 0.05) is 7.05 Å². The van der Waals surface area contributed by atoms with Crippen LogP contribution in [-0.2, 0) is 0 Å². The highest BCUT2D eigenvalue weighted by molar-refractivity contribution is 5.94. The number of nitrogens with one attached hydrogen (secondary N) is 1. The predicted molar refractivity (Wildman–Crippen MR) is 102 cm³/mol. The Balaban J connectivity index is 2.07. The number of rotatable bonds is 6. The average Bonchev–Trinajstić information content (AvgIpc) is 2.68. The molecular weight excluding hydrogens is 334 g/mol. The number of nitrogens with zero attached hydrogens (tertiary/aromatic N) is 6. The first-order chi connectivity index (χ1) is 12.5. The lowest BCUT2D eigenvalue weighted by molar-refractivity contribution is 0.237. The quantitative estimate of drug-likeness (QED) is 0.121. The smallest absolute Gasteiger partial charge is 0.256 e. The summed E-state index contributed by atoms with van der Waals surface area (Å²) < 4.78 is 0. The molecule has 2 aromatic rings. The van der Waals surface area contributed by atoms with Gasteiger partial charge in [-0.3, -0.25) is 10.9 Å². The molecule has 11 nitrogen and oxygen atoms in total. The molecule has 138 valence electrons. The summed E-state index contributed by atoms with van der Waals surface area (Å²) in [6.07, 6.45) is -0.771. The highest BCUT2D eigenvalue weighted by Crippen LogP contribution is 2.14. The first-order valence-electron chi connectivity index (χ1n) is 7.64. The fraction of sp³-hybridized carbons (Fsp3) is 0.133. The normalized spacial score (nSPS) is 13.0. The van der Waals surface area contributed by atoms with Crippen molar-refractivity contribution < 1.29 is 0 Å². The standard InChI is InChI=1S/C15H23N11/c1-24(17)15(26(19)13-10-6-3-7-11-13)22-23-21-14(20-16)25(18)12-8-4-2-5-9-12/h2-11,15H,16-19H2,1H3,(H,20,21,22). The lowest BCUT2D eigenvalue weighted by Crippen LogP contribution is -2.52. The second-order valence-corrected chi connectivity index (χ2v) is 5.24. The van der Waals surface area contributed by atoms with Crippen molar-refractivity contribution in [3.8, 4) is 0 Å². The van der Waals surface area contributed by atoms with Gasteiger partial charge < -0.3 is 5.84 Å². The number of hydrogen-bond donors (Lipinski definition) is 5. The summed E-state index contributed by atoms with van der Waals surface area (Å²) in [7, 11) is 1.61. The van der Waals surface area contributed by atoms with Crippen LogP contribution in [0.2, 0.25) is 0 Å². The number of guanidine groups is 1. The molecule has 2 aromatic carbocycles. The summed E-state index contributed by atoms with van der Waals surface area (Å²) in [4.78, 5) is 0. The van der Waals surface area contributed by atoms with E-state index in [9.17, 15) is 0 Å². The number of hydrazine groups is 3. The van der Waals surface area contributed by atoms with Gasteiger partial charge in [0.15, 0.2) is 0 Å². The third-order valence-corrected chi connectivity index (χ3v) is 3.36. The Morgan fingerprint density at radius 3 is 1.96 bits per heavy atom. The Hall–Kier alpha value is -3.25. The van der Waals surface area contributed by atoms with Gasteiger partial charge in [0.05, 0.1) is 11.4 Å². The van der Waals surface area contributed by atoms with Gasteiger partial charge in [-0.05, 0) is 24.3 Å². The first kappa shape index (κ1) is 19.1. The van der Waals surface area contributed by atoms with Gasteiger partial charge in [-0.15, -0.1) is 10.2 Å². The molecule has 2 rings (SSSR count). The van der Waals surface area contributed by atoms with Gasteiger partial charge in [-0.25, -0.2) is 27.1 Å². The van der Waals surface area contributed by atoms with E-state index in [1.807, 2.05) is 48.5 Å². The van der Waals surface area contributed by atoms with E-state index in [1.165, 1.54) is 15.0 Å². The summed E-state index contributed by atoms with van der Waals surface area (Å²) in [5.41, 5.74) is 3.96. The second kappa shape index (κ2) is 9.29. The molecule has 0 saturated carbocycles. The topological polar surface area (TPSA) is 163 Å². The lowest BCUT2D eigenvalue weighted by Gasteiger charge is -2.29. The molecule has 0 aliphatic heterocycles. The molecule has 0 fully saturated rings. The molecule has 0 saturated heterocycles. The largest absolute Gasteiger partial charge is 0.320 e.